The molecule has 0 unspecified atom stereocenters. The molecule has 4 rings (SSSR count). The summed E-state index contributed by atoms with van der Waals surface area (Å²) in [4.78, 5) is 29.8. The fourth-order valence-corrected chi connectivity index (χ4v) is 4.20. The van der Waals surface area contributed by atoms with Crippen molar-refractivity contribution in [3.63, 3.8) is 0 Å². The highest BCUT2D eigenvalue weighted by Gasteiger charge is 2.23. The maximum absolute atomic E-state index is 12.7. The van der Waals surface area contributed by atoms with Gasteiger partial charge in [0, 0.05) is 32.2 Å². The summed E-state index contributed by atoms with van der Waals surface area (Å²) in [5.74, 6) is -0.100. The van der Waals surface area contributed by atoms with Crippen LogP contribution in [-0.4, -0.2) is 46.8 Å². The maximum atomic E-state index is 12.7. The molecule has 1 aliphatic rings. The Balaban J connectivity index is 1.42. The lowest BCUT2D eigenvalue weighted by Gasteiger charge is -2.36. The summed E-state index contributed by atoms with van der Waals surface area (Å²) < 4.78 is 1.25. The lowest BCUT2D eigenvalue weighted by molar-refractivity contribution is -0.132. The van der Waals surface area contributed by atoms with Crippen LogP contribution in [0.25, 0.3) is 10.6 Å². The number of anilines is 1. The van der Waals surface area contributed by atoms with Crippen LogP contribution < -0.4 is 10.5 Å². The van der Waals surface area contributed by atoms with E-state index in [0.29, 0.717) is 36.9 Å². The van der Waals surface area contributed by atoms with E-state index >= 15 is 0 Å². The molecule has 144 valence electrons. The van der Waals surface area contributed by atoms with Gasteiger partial charge in [-0.1, -0.05) is 29.8 Å². The molecule has 0 radical (unpaired) electrons. The molecule has 1 aromatic carbocycles. The van der Waals surface area contributed by atoms with Crippen molar-refractivity contribution in [2.75, 3.05) is 31.1 Å². The standard InChI is InChI=1S/C20H19ClN4O2S/c21-15-4-1-2-5-17(15)23-9-11-24(12-10-23)20(27)14-25-19(26)8-7-16(22-25)18-6-3-13-28-18/h1-8,13H,9-12,14H2. The molecule has 3 heterocycles. The number of piperazine rings is 1. The van der Waals surface area contributed by atoms with Crippen molar-refractivity contribution in [1.29, 1.82) is 0 Å². The first-order chi connectivity index (χ1) is 13.6. The zero-order chi connectivity index (χ0) is 19.5. The van der Waals surface area contributed by atoms with E-state index in [1.165, 1.54) is 10.7 Å². The first-order valence-electron chi connectivity index (χ1n) is 9.01. The van der Waals surface area contributed by atoms with Gasteiger partial charge in [0.15, 0.2) is 0 Å². The number of rotatable bonds is 4. The van der Waals surface area contributed by atoms with Gasteiger partial charge in [-0.2, -0.15) is 5.10 Å². The molecule has 6 nitrogen and oxygen atoms in total. The van der Waals surface area contributed by atoms with Gasteiger partial charge in [0.2, 0.25) is 5.91 Å². The summed E-state index contributed by atoms with van der Waals surface area (Å²) in [5.41, 5.74) is 1.41. The topological polar surface area (TPSA) is 58.4 Å². The van der Waals surface area contributed by atoms with E-state index in [9.17, 15) is 9.59 Å². The van der Waals surface area contributed by atoms with E-state index in [1.807, 2.05) is 41.8 Å². The van der Waals surface area contributed by atoms with Crippen LogP contribution >= 0.6 is 22.9 Å². The number of halogens is 1. The second-order valence-corrected chi connectivity index (χ2v) is 7.87. The predicted octanol–water partition coefficient (Wildman–Crippen LogP) is 2.97. The van der Waals surface area contributed by atoms with Gasteiger partial charge in [-0.15, -0.1) is 11.3 Å². The fraction of sp³-hybridized carbons (Fsp3) is 0.250. The van der Waals surface area contributed by atoms with E-state index < -0.39 is 0 Å². The zero-order valence-corrected chi connectivity index (χ0v) is 16.7. The highest BCUT2D eigenvalue weighted by Crippen LogP contribution is 2.26. The lowest BCUT2D eigenvalue weighted by Crippen LogP contribution is -2.50. The molecule has 2 aromatic heterocycles. The predicted molar refractivity (Wildman–Crippen MR) is 112 cm³/mol. The average molecular weight is 415 g/mol. The van der Waals surface area contributed by atoms with Crippen molar-refractivity contribution >= 4 is 34.5 Å². The first-order valence-corrected chi connectivity index (χ1v) is 10.3. The molecule has 1 aliphatic heterocycles. The largest absolute Gasteiger partial charge is 0.367 e. The Kier molecular flexibility index (Phi) is 5.45. The summed E-state index contributed by atoms with van der Waals surface area (Å²) >= 11 is 7.82. The number of aromatic nitrogens is 2. The van der Waals surface area contributed by atoms with Gasteiger partial charge in [-0.05, 0) is 29.6 Å². The van der Waals surface area contributed by atoms with E-state index in [2.05, 4.69) is 10.00 Å². The SMILES string of the molecule is O=C(Cn1nc(-c2cccs2)ccc1=O)N1CCN(c2ccccc2Cl)CC1. The Morgan fingerprint density at radius 2 is 1.82 bits per heavy atom. The Morgan fingerprint density at radius 1 is 1.04 bits per heavy atom. The van der Waals surface area contributed by atoms with Crippen molar-refractivity contribution in [2.24, 2.45) is 0 Å². The maximum Gasteiger partial charge on any atom is 0.267 e. The van der Waals surface area contributed by atoms with Crippen molar-refractivity contribution in [2.45, 2.75) is 6.54 Å². The molecule has 0 atom stereocenters. The smallest absolute Gasteiger partial charge is 0.267 e. The molecule has 0 bridgehead atoms. The van der Waals surface area contributed by atoms with Crippen LogP contribution in [0.5, 0.6) is 0 Å². The Labute approximate surface area is 171 Å². The number of para-hydroxylation sites is 1. The number of hydrogen-bond donors (Lipinski definition) is 0. The monoisotopic (exact) mass is 414 g/mol. The lowest BCUT2D eigenvalue weighted by atomic mass is 10.2. The molecule has 0 spiro atoms. The van der Waals surface area contributed by atoms with Crippen molar-refractivity contribution < 1.29 is 4.79 Å². The minimum atomic E-state index is -0.275. The number of hydrogen-bond acceptors (Lipinski definition) is 5. The van der Waals surface area contributed by atoms with Crippen LogP contribution in [0.3, 0.4) is 0 Å². The number of carbonyl (C=O) groups excluding carboxylic acids is 1. The van der Waals surface area contributed by atoms with Gasteiger partial charge in [0.1, 0.15) is 12.2 Å². The summed E-state index contributed by atoms with van der Waals surface area (Å²) in [6.45, 7) is 2.52. The molecule has 0 N–H and O–H groups in total. The van der Waals surface area contributed by atoms with Gasteiger partial charge >= 0.3 is 0 Å². The molecule has 3 aromatic rings. The molecule has 28 heavy (non-hydrogen) atoms. The minimum Gasteiger partial charge on any atom is -0.367 e. The second-order valence-electron chi connectivity index (χ2n) is 6.51. The Hall–Kier alpha value is -2.64. The quantitative estimate of drug-likeness (QED) is 0.658. The third-order valence-electron chi connectivity index (χ3n) is 4.75. The van der Waals surface area contributed by atoms with E-state index in [1.54, 1.807) is 22.3 Å². The average Bonchev–Trinajstić information content (AvgIpc) is 3.25. The molecule has 0 saturated carbocycles. The number of carbonyl (C=O) groups is 1. The number of thiophene rings is 1. The Bertz CT molecular complexity index is 1030. The van der Waals surface area contributed by atoms with Crippen molar-refractivity contribution in [1.82, 2.24) is 14.7 Å². The van der Waals surface area contributed by atoms with Gasteiger partial charge < -0.3 is 9.80 Å². The summed E-state index contributed by atoms with van der Waals surface area (Å²) in [7, 11) is 0. The molecule has 1 amide bonds. The second kappa shape index (κ2) is 8.16. The van der Waals surface area contributed by atoms with Gasteiger partial charge in [-0.3, -0.25) is 9.59 Å². The molecule has 1 fully saturated rings. The summed E-state index contributed by atoms with van der Waals surface area (Å²) in [5, 5.41) is 7.03. The van der Waals surface area contributed by atoms with Crippen molar-refractivity contribution in [3.8, 4) is 10.6 Å². The van der Waals surface area contributed by atoms with Crippen LogP contribution in [-0.2, 0) is 11.3 Å². The molecule has 0 aliphatic carbocycles. The van der Waals surface area contributed by atoms with Gasteiger partial charge in [0.05, 0.1) is 15.6 Å². The summed E-state index contributed by atoms with van der Waals surface area (Å²) in [6.07, 6.45) is 0. The van der Waals surface area contributed by atoms with E-state index in [-0.39, 0.29) is 18.0 Å². The van der Waals surface area contributed by atoms with Gasteiger partial charge in [0.25, 0.3) is 5.56 Å². The molecular formula is C20H19ClN4O2S. The van der Waals surface area contributed by atoms with Crippen LogP contribution in [0.2, 0.25) is 5.02 Å². The number of benzene rings is 1. The third-order valence-corrected chi connectivity index (χ3v) is 5.96. The number of nitrogens with zero attached hydrogens (tertiary/aromatic N) is 4. The van der Waals surface area contributed by atoms with E-state index in [0.717, 1.165) is 10.6 Å². The van der Waals surface area contributed by atoms with Gasteiger partial charge in [-0.25, -0.2) is 4.68 Å². The minimum absolute atomic E-state index is 0.0514. The highest BCUT2D eigenvalue weighted by molar-refractivity contribution is 7.13. The summed E-state index contributed by atoms with van der Waals surface area (Å²) in [6, 6.07) is 14.7. The van der Waals surface area contributed by atoms with E-state index in [4.69, 9.17) is 11.6 Å². The van der Waals surface area contributed by atoms with Crippen molar-refractivity contribution in [3.05, 3.63) is 69.3 Å². The highest BCUT2D eigenvalue weighted by atomic mass is 35.5. The van der Waals surface area contributed by atoms with Crippen LogP contribution in [0, 0.1) is 0 Å². The Morgan fingerprint density at radius 3 is 2.54 bits per heavy atom. The third kappa shape index (κ3) is 3.95. The van der Waals surface area contributed by atoms with Crippen LogP contribution in [0.15, 0.2) is 58.7 Å². The zero-order valence-electron chi connectivity index (χ0n) is 15.1. The first kappa shape index (κ1) is 18.7. The molecule has 1 saturated heterocycles. The van der Waals surface area contributed by atoms with Crippen LogP contribution in [0.1, 0.15) is 0 Å². The fourth-order valence-electron chi connectivity index (χ4n) is 3.25. The van der Waals surface area contributed by atoms with Crippen LogP contribution in [0.4, 0.5) is 5.69 Å². The molecular weight excluding hydrogens is 396 g/mol. The number of amides is 1. The normalized spacial score (nSPS) is 14.3. The molecule has 8 heteroatoms.